The average molecular weight is 345 g/mol. The predicted molar refractivity (Wildman–Crippen MR) is 85.7 cm³/mol. The molecule has 0 unspecified atom stereocenters. The van der Waals surface area contributed by atoms with Gasteiger partial charge in [-0.25, -0.2) is 13.4 Å². The van der Waals surface area contributed by atoms with Crippen LogP contribution in [0.15, 0.2) is 18.3 Å². The van der Waals surface area contributed by atoms with Crippen LogP contribution in [0.3, 0.4) is 0 Å². The third-order valence-corrected chi connectivity index (χ3v) is 6.32. The van der Waals surface area contributed by atoms with E-state index >= 15 is 0 Å². The highest BCUT2D eigenvalue weighted by Crippen LogP contribution is 2.23. The molecular weight excluding hydrogens is 324 g/mol. The van der Waals surface area contributed by atoms with Crippen LogP contribution in [0.4, 0.5) is 0 Å². The molecule has 122 valence electrons. The second kappa shape index (κ2) is 6.83. The molecule has 2 fully saturated rings. The fraction of sp³-hybridized carbons (Fsp3) is 0.667. The maximum atomic E-state index is 11.8. The van der Waals surface area contributed by atoms with Gasteiger partial charge in [0.05, 0.1) is 17.6 Å². The summed E-state index contributed by atoms with van der Waals surface area (Å²) in [6, 6.07) is 3.84. The fourth-order valence-electron chi connectivity index (χ4n) is 3.23. The average Bonchev–Trinajstić information content (AvgIpc) is 3.07. The maximum Gasteiger partial charge on any atom is 0.151 e. The Hall–Kier alpha value is -0.690. The lowest BCUT2D eigenvalue weighted by molar-refractivity contribution is 0.0574. The fourth-order valence-corrected chi connectivity index (χ4v) is 5.19. The van der Waals surface area contributed by atoms with Gasteiger partial charge in [0.1, 0.15) is 5.15 Å². The van der Waals surface area contributed by atoms with Gasteiger partial charge in [0.2, 0.25) is 0 Å². The quantitative estimate of drug-likeness (QED) is 0.763. The first-order valence-electron chi connectivity index (χ1n) is 7.68. The van der Waals surface area contributed by atoms with Gasteiger partial charge in [-0.05, 0) is 37.0 Å². The minimum Gasteiger partial charge on any atom is -0.377 e. The van der Waals surface area contributed by atoms with Crippen molar-refractivity contribution >= 4 is 21.4 Å². The number of nitrogens with zero attached hydrogens (tertiary/aromatic N) is 2. The normalized spacial score (nSPS) is 27.5. The van der Waals surface area contributed by atoms with Gasteiger partial charge >= 0.3 is 0 Å². The number of ether oxygens (including phenoxy) is 1. The Bertz CT molecular complexity index is 617. The second-order valence-corrected chi connectivity index (χ2v) is 8.72. The molecule has 2 saturated heterocycles. The molecule has 7 heteroatoms. The van der Waals surface area contributed by atoms with Crippen LogP contribution in [-0.2, 0) is 21.1 Å². The molecule has 0 saturated carbocycles. The number of hydrogen-bond acceptors (Lipinski definition) is 5. The van der Waals surface area contributed by atoms with Crippen LogP contribution in [0.5, 0.6) is 0 Å². The van der Waals surface area contributed by atoms with Crippen molar-refractivity contribution in [1.82, 2.24) is 9.88 Å². The summed E-state index contributed by atoms with van der Waals surface area (Å²) < 4.78 is 29.3. The van der Waals surface area contributed by atoms with E-state index in [4.69, 9.17) is 16.3 Å². The minimum atomic E-state index is -2.90. The molecule has 3 heterocycles. The first-order chi connectivity index (χ1) is 10.5. The van der Waals surface area contributed by atoms with Gasteiger partial charge in [0.25, 0.3) is 0 Å². The summed E-state index contributed by atoms with van der Waals surface area (Å²) in [5, 5.41) is 0.466. The number of sulfone groups is 1. The van der Waals surface area contributed by atoms with E-state index in [1.54, 1.807) is 6.20 Å². The zero-order valence-corrected chi connectivity index (χ0v) is 14.0. The summed E-state index contributed by atoms with van der Waals surface area (Å²) in [7, 11) is -2.90. The zero-order chi connectivity index (χ0) is 15.6. The Labute approximate surface area is 136 Å². The number of hydrogen-bond donors (Lipinski definition) is 0. The number of pyridine rings is 1. The molecule has 2 aliphatic rings. The zero-order valence-electron chi connectivity index (χ0n) is 12.4. The lowest BCUT2D eigenvalue weighted by Crippen LogP contribution is -2.40. The lowest BCUT2D eigenvalue weighted by Gasteiger charge is -2.30. The molecule has 22 heavy (non-hydrogen) atoms. The van der Waals surface area contributed by atoms with Crippen molar-refractivity contribution in [3.63, 3.8) is 0 Å². The first-order valence-corrected chi connectivity index (χ1v) is 9.88. The molecule has 5 nitrogen and oxygen atoms in total. The lowest BCUT2D eigenvalue weighted by atomic mass is 10.1. The van der Waals surface area contributed by atoms with E-state index in [1.165, 1.54) is 0 Å². The summed E-state index contributed by atoms with van der Waals surface area (Å²) in [5.74, 6) is 0.537. The standard InChI is InChI=1S/C15H21ClN2O3S/c16-15-8-12(3-5-17-15)9-18(10-14-2-1-6-21-14)13-4-7-22(19,20)11-13/h3,5,8,13-14H,1-2,4,6-7,9-11H2/t13-,14+/m0/s1. The van der Waals surface area contributed by atoms with Crippen LogP contribution in [0.1, 0.15) is 24.8 Å². The Balaban J connectivity index is 1.73. The second-order valence-electron chi connectivity index (χ2n) is 6.11. The SMILES string of the molecule is O=S1(=O)CC[C@H](N(Cc2ccnc(Cl)c2)C[C@H]2CCCO2)C1. The van der Waals surface area contributed by atoms with Gasteiger partial charge in [-0.1, -0.05) is 11.6 Å². The Morgan fingerprint density at radius 2 is 2.27 bits per heavy atom. The van der Waals surface area contributed by atoms with Crippen molar-refractivity contribution in [3.05, 3.63) is 29.0 Å². The maximum absolute atomic E-state index is 11.8. The van der Waals surface area contributed by atoms with Crippen LogP contribution in [0.25, 0.3) is 0 Å². The number of aromatic nitrogens is 1. The van der Waals surface area contributed by atoms with Crippen molar-refractivity contribution in [3.8, 4) is 0 Å². The van der Waals surface area contributed by atoms with Crippen LogP contribution < -0.4 is 0 Å². The van der Waals surface area contributed by atoms with Crippen LogP contribution in [0.2, 0.25) is 5.15 Å². The summed E-state index contributed by atoms with van der Waals surface area (Å²) in [4.78, 5) is 6.24. The summed E-state index contributed by atoms with van der Waals surface area (Å²) >= 11 is 5.95. The molecule has 0 aliphatic carbocycles. The van der Waals surface area contributed by atoms with E-state index in [1.807, 2.05) is 12.1 Å². The molecule has 2 aliphatic heterocycles. The molecule has 0 N–H and O–H groups in total. The minimum absolute atomic E-state index is 0.0705. The van der Waals surface area contributed by atoms with E-state index < -0.39 is 9.84 Å². The van der Waals surface area contributed by atoms with Gasteiger partial charge in [-0.2, -0.15) is 0 Å². The van der Waals surface area contributed by atoms with Crippen LogP contribution in [0, 0.1) is 0 Å². The summed E-state index contributed by atoms with van der Waals surface area (Å²) in [6.45, 7) is 2.27. The Morgan fingerprint density at radius 1 is 1.41 bits per heavy atom. The van der Waals surface area contributed by atoms with Gasteiger partial charge in [-0.3, -0.25) is 4.90 Å². The molecule has 0 radical (unpaired) electrons. The van der Waals surface area contributed by atoms with E-state index in [9.17, 15) is 8.42 Å². The predicted octanol–water partition coefficient (Wildman–Crippen LogP) is 1.90. The Morgan fingerprint density at radius 3 is 2.91 bits per heavy atom. The van der Waals surface area contributed by atoms with Crippen LogP contribution >= 0.6 is 11.6 Å². The van der Waals surface area contributed by atoms with Gasteiger partial charge in [0, 0.05) is 31.9 Å². The molecular formula is C15H21ClN2O3S. The first kappa shape index (κ1) is 16.2. The van der Waals surface area contributed by atoms with Crippen molar-refractivity contribution in [2.75, 3.05) is 24.7 Å². The number of halogens is 1. The van der Waals surface area contributed by atoms with Crippen LogP contribution in [-0.4, -0.2) is 55.1 Å². The third-order valence-electron chi connectivity index (χ3n) is 4.36. The van der Waals surface area contributed by atoms with E-state index in [0.29, 0.717) is 18.1 Å². The molecule has 0 amide bonds. The molecule has 2 atom stereocenters. The van der Waals surface area contributed by atoms with Crippen molar-refractivity contribution in [1.29, 1.82) is 0 Å². The monoisotopic (exact) mass is 344 g/mol. The van der Waals surface area contributed by atoms with Gasteiger partial charge in [-0.15, -0.1) is 0 Å². The Kier molecular flexibility index (Phi) is 5.02. The van der Waals surface area contributed by atoms with Crippen molar-refractivity contribution in [2.24, 2.45) is 0 Å². The highest BCUT2D eigenvalue weighted by Gasteiger charge is 2.33. The number of rotatable bonds is 5. The highest BCUT2D eigenvalue weighted by molar-refractivity contribution is 7.91. The topological polar surface area (TPSA) is 59.5 Å². The molecule has 1 aromatic heterocycles. The van der Waals surface area contributed by atoms with Gasteiger partial charge in [0.15, 0.2) is 9.84 Å². The highest BCUT2D eigenvalue weighted by atomic mass is 35.5. The molecule has 0 bridgehead atoms. The molecule has 1 aromatic rings. The smallest absolute Gasteiger partial charge is 0.151 e. The molecule has 3 rings (SSSR count). The summed E-state index contributed by atoms with van der Waals surface area (Å²) in [6.07, 6.45) is 4.73. The van der Waals surface area contributed by atoms with Gasteiger partial charge < -0.3 is 4.74 Å². The van der Waals surface area contributed by atoms with E-state index in [-0.39, 0.29) is 23.7 Å². The third kappa shape index (κ3) is 4.19. The molecule has 0 aromatic carbocycles. The van der Waals surface area contributed by atoms with Crippen molar-refractivity contribution < 1.29 is 13.2 Å². The largest absolute Gasteiger partial charge is 0.377 e. The van der Waals surface area contributed by atoms with E-state index in [2.05, 4.69) is 9.88 Å². The summed E-state index contributed by atoms with van der Waals surface area (Å²) in [5.41, 5.74) is 1.06. The molecule has 0 spiro atoms. The van der Waals surface area contributed by atoms with E-state index in [0.717, 1.165) is 31.6 Å². The van der Waals surface area contributed by atoms with Crippen molar-refractivity contribution in [2.45, 2.75) is 38.0 Å².